The van der Waals surface area contributed by atoms with Crippen molar-refractivity contribution in [3.8, 4) is 5.69 Å². The molecule has 6 heteroatoms. The van der Waals surface area contributed by atoms with E-state index in [1.54, 1.807) is 23.5 Å². The number of aryl methyl sites for hydroxylation is 1. The van der Waals surface area contributed by atoms with Crippen LogP contribution in [0.1, 0.15) is 5.56 Å². The van der Waals surface area contributed by atoms with Crippen molar-refractivity contribution in [3.05, 3.63) is 181 Å². The van der Waals surface area contributed by atoms with Gasteiger partial charge in [0, 0.05) is 49.3 Å². The first-order valence-electron chi connectivity index (χ1n) is 18.7. The lowest BCUT2D eigenvalue weighted by Crippen LogP contribution is -2.61. The van der Waals surface area contributed by atoms with Gasteiger partial charge < -0.3 is 14.4 Å². The Balaban J connectivity index is 1.30. The van der Waals surface area contributed by atoms with Gasteiger partial charge in [-0.1, -0.05) is 109 Å². The summed E-state index contributed by atoms with van der Waals surface area (Å²) in [6.07, 6.45) is 0. The van der Waals surface area contributed by atoms with Crippen LogP contribution in [-0.4, -0.2) is 11.3 Å². The number of fused-ring (bicyclic) bond motifs is 12. The molecule has 8 aromatic carbocycles. The topological polar surface area (TPSA) is 11.4 Å². The number of hydrogen-bond donors (Lipinski definition) is 0. The molecule has 0 aliphatic carbocycles. The third-order valence-electron chi connectivity index (χ3n) is 11.8. The number of hydrogen-bond acceptors (Lipinski definition) is 3. The van der Waals surface area contributed by atoms with Gasteiger partial charge in [-0.3, -0.25) is 0 Å². The Kier molecular flexibility index (Phi) is 6.41. The van der Waals surface area contributed by atoms with Crippen LogP contribution >= 0.6 is 11.3 Å². The second kappa shape index (κ2) is 11.4. The summed E-state index contributed by atoms with van der Waals surface area (Å²) in [6, 6.07) is 57.7. The Morgan fingerprint density at radius 3 is 2.02 bits per heavy atom. The largest absolute Gasteiger partial charge is 0.311 e. The normalized spacial score (nSPS) is 13.2. The molecule has 2 aliphatic rings. The summed E-state index contributed by atoms with van der Waals surface area (Å²) in [5.74, 6) is -0.262. The van der Waals surface area contributed by atoms with Crippen LogP contribution in [0.4, 0.5) is 38.5 Å². The molecule has 12 rings (SSSR count). The van der Waals surface area contributed by atoms with Crippen LogP contribution < -0.4 is 26.2 Å². The Morgan fingerprint density at radius 1 is 0.491 bits per heavy atom. The van der Waals surface area contributed by atoms with Crippen molar-refractivity contribution in [1.29, 1.82) is 0 Å². The highest BCUT2D eigenvalue weighted by atomic mass is 32.1. The number of halogens is 1. The van der Waals surface area contributed by atoms with Gasteiger partial charge in [0.25, 0.3) is 6.71 Å². The quantitative estimate of drug-likeness (QED) is 0.168. The standard InChI is InChI=1S/C49H31BFN3S/c1-30-12-5-9-18-39(30)53-41-20-11-21-42-44(41)50(45-43(53)27-23-32-28-29-55-49(32)45)37-26-25-36-35-24-22-31-13-6-7-16-34(31)46(35)52(33-14-3-2-4-15-33)47(36)48(37)54(42)40-19-10-8-17-38(40)51/h2-29H,1H3. The summed E-state index contributed by atoms with van der Waals surface area (Å²) >= 11 is 1.80. The van der Waals surface area contributed by atoms with E-state index in [-0.39, 0.29) is 12.5 Å². The van der Waals surface area contributed by atoms with Crippen molar-refractivity contribution >= 4 is 111 Å². The summed E-state index contributed by atoms with van der Waals surface area (Å²) in [7, 11) is 0. The van der Waals surface area contributed by atoms with Gasteiger partial charge in [0.2, 0.25) is 0 Å². The molecule has 0 bridgehead atoms. The SMILES string of the molecule is Cc1ccccc1N1c2cccc3c2B(c2ccc4c5ccc6ccccc6c5n(-c5ccccc5)c4c2N3c2ccccc2F)c2c1ccc1ccsc21. The maximum Gasteiger partial charge on any atom is 0.254 e. The van der Waals surface area contributed by atoms with Gasteiger partial charge >= 0.3 is 0 Å². The van der Waals surface area contributed by atoms with E-state index in [0.29, 0.717) is 5.69 Å². The fourth-order valence-electron chi connectivity index (χ4n) is 9.58. The molecule has 2 aliphatic heterocycles. The Hall–Kier alpha value is -6.63. The minimum atomic E-state index is -0.262. The molecule has 0 N–H and O–H groups in total. The first-order chi connectivity index (χ1) is 27.2. The lowest BCUT2D eigenvalue weighted by atomic mass is 9.33. The molecule has 0 amide bonds. The molecular weight excluding hydrogens is 692 g/mol. The van der Waals surface area contributed by atoms with Crippen LogP contribution in [0.2, 0.25) is 0 Å². The Labute approximate surface area is 321 Å². The second-order valence-electron chi connectivity index (χ2n) is 14.6. The van der Waals surface area contributed by atoms with Gasteiger partial charge in [-0.15, -0.1) is 11.3 Å². The fraction of sp³-hybridized carbons (Fsp3) is 0.0204. The maximum absolute atomic E-state index is 16.6. The van der Waals surface area contributed by atoms with Gasteiger partial charge in [0.15, 0.2) is 0 Å². The summed E-state index contributed by atoms with van der Waals surface area (Å²) in [6.45, 7) is 2.08. The third kappa shape index (κ3) is 4.15. The highest BCUT2D eigenvalue weighted by Crippen LogP contribution is 2.49. The van der Waals surface area contributed by atoms with Crippen LogP contribution in [0.5, 0.6) is 0 Å². The predicted molar refractivity (Wildman–Crippen MR) is 232 cm³/mol. The van der Waals surface area contributed by atoms with Crippen molar-refractivity contribution in [2.45, 2.75) is 6.92 Å². The smallest absolute Gasteiger partial charge is 0.254 e. The van der Waals surface area contributed by atoms with Crippen molar-refractivity contribution in [2.75, 3.05) is 9.80 Å². The number of thiophene rings is 1. The molecule has 0 spiro atoms. The molecule has 0 saturated carbocycles. The molecule has 0 radical (unpaired) electrons. The van der Waals surface area contributed by atoms with Gasteiger partial charge in [0.1, 0.15) is 5.82 Å². The van der Waals surface area contributed by atoms with Crippen LogP contribution in [-0.2, 0) is 0 Å². The maximum atomic E-state index is 16.6. The highest BCUT2D eigenvalue weighted by Gasteiger charge is 2.46. The zero-order valence-corrected chi connectivity index (χ0v) is 30.7. The molecule has 4 heterocycles. The molecule has 10 aromatic rings. The van der Waals surface area contributed by atoms with Crippen molar-refractivity contribution < 1.29 is 4.39 Å². The Bertz CT molecular complexity index is 3220. The van der Waals surface area contributed by atoms with E-state index < -0.39 is 0 Å². The monoisotopic (exact) mass is 723 g/mol. The van der Waals surface area contributed by atoms with E-state index in [1.165, 1.54) is 48.4 Å². The zero-order chi connectivity index (χ0) is 36.4. The minimum Gasteiger partial charge on any atom is -0.311 e. The van der Waals surface area contributed by atoms with Crippen LogP contribution in [0.25, 0.3) is 48.4 Å². The molecule has 258 valence electrons. The highest BCUT2D eigenvalue weighted by molar-refractivity contribution is 7.20. The summed E-state index contributed by atoms with van der Waals surface area (Å²) < 4.78 is 20.3. The molecule has 2 aromatic heterocycles. The van der Waals surface area contributed by atoms with Crippen LogP contribution in [0, 0.1) is 12.7 Å². The number of anilines is 6. The second-order valence-corrected chi connectivity index (χ2v) is 15.6. The number of nitrogens with zero attached hydrogens (tertiary/aromatic N) is 3. The van der Waals surface area contributed by atoms with Crippen LogP contribution in [0.15, 0.2) is 169 Å². The summed E-state index contributed by atoms with van der Waals surface area (Å²) in [5.41, 5.74) is 14.1. The van der Waals surface area contributed by atoms with E-state index in [9.17, 15) is 0 Å². The van der Waals surface area contributed by atoms with E-state index in [0.717, 1.165) is 50.3 Å². The summed E-state index contributed by atoms with van der Waals surface area (Å²) in [5, 5.41) is 8.12. The first kappa shape index (κ1) is 30.8. The molecular formula is C49H31BFN3S. The number of aromatic nitrogens is 1. The fourth-order valence-corrected chi connectivity index (χ4v) is 10.5. The van der Waals surface area contributed by atoms with E-state index >= 15 is 4.39 Å². The number of para-hydroxylation sites is 3. The van der Waals surface area contributed by atoms with Crippen molar-refractivity contribution in [3.63, 3.8) is 0 Å². The van der Waals surface area contributed by atoms with Gasteiger partial charge in [-0.05, 0) is 99.6 Å². The van der Waals surface area contributed by atoms with Gasteiger partial charge in [-0.25, -0.2) is 4.39 Å². The van der Waals surface area contributed by atoms with E-state index in [4.69, 9.17) is 0 Å². The first-order valence-corrected chi connectivity index (χ1v) is 19.6. The van der Waals surface area contributed by atoms with Crippen LogP contribution in [0.3, 0.4) is 0 Å². The molecule has 0 saturated heterocycles. The number of benzene rings is 8. The molecule has 0 fully saturated rings. The van der Waals surface area contributed by atoms with E-state index in [2.05, 4.69) is 166 Å². The molecule has 0 unspecified atom stereocenters. The van der Waals surface area contributed by atoms with Gasteiger partial charge in [0.05, 0.1) is 22.4 Å². The zero-order valence-electron chi connectivity index (χ0n) is 29.9. The predicted octanol–water partition coefficient (Wildman–Crippen LogP) is 11.7. The number of rotatable bonds is 3. The van der Waals surface area contributed by atoms with E-state index in [1.807, 2.05) is 12.1 Å². The third-order valence-corrected chi connectivity index (χ3v) is 12.8. The summed E-state index contributed by atoms with van der Waals surface area (Å²) in [4.78, 5) is 4.66. The lowest BCUT2D eigenvalue weighted by Gasteiger charge is -2.44. The van der Waals surface area contributed by atoms with Crippen molar-refractivity contribution in [1.82, 2.24) is 4.57 Å². The average Bonchev–Trinajstić information content (AvgIpc) is 3.85. The molecule has 55 heavy (non-hydrogen) atoms. The Morgan fingerprint density at radius 2 is 1.16 bits per heavy atom. The molecule has 0 atom stereocenters. The lowest BCUT2D eigenvalue weighted by molar-refractivity contribution is 0.629. The minimum absolute atomic E-state index is 0.106. The molecule has 3 nitrogen and oxygen atoms in total. The van der Waals surface area contributed by atoms with Gasteiger partial charge in [-0.2, -0.15) is 0 Å². The average molecular weight is 724 g/mol. The van der Waals surface area contributed by atoms with Crippen molar-refractivity contribution in [2.24, 2.45) is 0 Å².